The molecule has 0 bridgehead atoms. The molecule has 1 aromatic rings. The summed E-state index contributed by atoms with van der Waals surface area (Å²) in [5.41, 5.74) is 1.04. The molecule has 4 heteroatoms. The predicted molar refractivity (Wildman–Crippen MR) is 51.6 cm³/mol. The van der Waals surface area contributed by atoms with E-state index < -0.39 is 0 Å². The van der Waals surface area contributed by atoms with Crippen LogP contribution in [0.1, 0.15) is 24.3 Å². The second-order valence-corrected chi connectivity index (χ2v) is 3.52. The third-order valence-corrected chi connectivity index (χ3v) is 2.53. The molecule has 0 spiro atoms. The molecule has 0 saturated carbocycles. The number of carbonyl (C=O) groups is 1. The van der Waals surface area contributed by atoms with Crippen molar-refractivity contribution in [2.24, 2.45) is 0 Å². The van der Waals surface area contributed by atoms with E-state index in [1.165, 1.54) is 12.1 Å². The summed E-state index contributed by atoms with van der Waals surface area (Å²) >= 11 is 0. The van der Waals surface area contributed by atoms with Gasteiger partial charge in [-0.25, -0.2) is 4.39 Å². The Bertz CT molecular complexity index is 339. The number of halogens is 1. The summed E-state index contributed by atoms with van der Waals surface area (Å²) in [6.07, 6.45) is 1.35. The average molecular weight is 278 g/mol. The maximum Gasteiger partial charge on any atom is 1.00 e. The van der Waals surface area contributed by atoms with Crippen LogP contribution in [0.4, 0.5) is 4.39 Å². The number of piperidine rings is 1. The zero-order chi connectivity index (χ0) is 9.97. The minimum Gasteiger partial charge on any atom is -0.653 e. The summed E-state index contributed by atoms with van der Waals surface area (Å²) in [4.78, 5) is 11.1. The van der Waals surface area contributed by atoms with E-state index >= 15 is 0 Å². The number of rotatable bonds is 1. The Morgan fingerprint density at radius 1 is 1.27 bits per heavy atom. The number of hydrogen-bond acceptors (Lipinski definition) is 1. The van der Waals surface area contributed by atoms with Crippen LogP contribution in [0.3, 0.4) is 0 Å². The Morgan fingerprint density at radius 2 is 1.93 bits per heavy atom. The Hall–Kier alpha value is 0.425. The van der Waals surface area contributed by atoms with Crippen molar-refractivity contribution >= 4 is 5.91 Å². The van der Waals surface area contributed by atoms with Gasteiger partial charge in [0, 0.05) is 0 Å². The van der Waals surface area contributed by atoms with E-state index in [9.17, 15) is 9.18 Å². The fourth-order valence-electron chi connectivity index (χ4n) is 1.74. The Kier molecular flexibility index (Phi) is 5.60. The quantitative estimate of drug-likeness (QED) is 0.688. The molecule has 2 rings (SSSR count). The van der Waals surface area contributed by atoms with Crippen molar-refractivity contribution in [2.75, 3.05) is 6.54 Å². The van der Waals surface area contributed by atoms with Crippen molar-refractivity contribution in [1.82, 2.24) is 0 Å². The van der Waals surface area contributed by atoms with Crippen LogP contribution in [0, 0.1) is 5.82 Å². The first kappa shape index (κ1) is 13.5. The van der Waals surface area contributed by atoms with Gasteiger partial charge in [-0.3, -0.25) is 0 Å². The van der Waals surface area contributed by atoms with Gasteiger partial charge in [0.25, 0.3) is 0 Å². The topological polar surface area (TPSA) is 31.2 Å². The normalized spacial score (nSPS) is 20.3. The van der Waals surface area contributed by atoms with Crippen LogP contribution in [-0.4, -0.2) is 12.5 Å². The van der Waals surface area contributed by atoms with Crippen LogP contribution < -0.4 is 58.2 Å². The van der Waals surface area contributed by atoms with Gasteiger partial charge in [0.1, 0.15) is 5.82 Å². The van der Waals surface area contributed by atoms with Crippen molar-refractivity contribution in [1.29, 1.82) is 0 Å². The third kappa shape index (κ3) is 3.73. The molecular formula is C11H11FNORb. The van der Waals surface area contributed by atoms with Gasteiger partial charge in [0.2, 0.25) is 0 Å². The summed E-state index contributed by atoms with van der Waals surface area (Å²) in [6, 6.07) is 6.37. The summed E-state index contributed by atoms with van der Waals surface area (Å²) < 4.78 is 12.6. The van der Waals surface area contributed by atoms with Crippen molar-refractivity contribution < 1.29 is 67.4 Å². The molecule has 74 valence electrons. The van der Waals surface area contributed by atoms with Crippen molar-refractivity contribution in [2.45, 2.75) is 18.8 Å². The number of carbonyl (C=O) groups excluding carboxylic acids is 1. The van der Waals surface area contributed by atoms with E-state index in [4.69, 9.17) is 0 Å². The molecule has 2 nitrogen and oxygen atoms in total. The summed E-state index contributed by atoms with van der Waals surface area (Å²) in [5, 5.41) is 3.81. The van der Waals surface area contributed by atoms with Gasteiger partial charge in [0.05, 0.1) is 5.91 Å². The molecule has 0 aromatic heterocycles. The average Bonchev–Trinajstić information content (AvgIpc) is 2.19. The molecular weight excluding hydrogens is 267 g/mol. The second-order valence-electron chi connectivity index (χ2n) is 3.52. The molecule has 1 amide bonds. The van der Waals surface area contributed by atoms with E-state index in [-0.39, 0.29) is 75.8 Å². The second kappa shape index (κ2) is 6.23. The fraction of sp³-hybridized carbons (Fsp3) is 0.364. The first-order chi connectivity index (χ1) is 6.75. The van der Waals surface area contributed by atoms with Gasteiger partial charge in [0.15, 0.2) is 0 Å². The van der Waals surface area contributed by atoms with Crippen LogP contribution >= 0.6 is 0 Å². The largest absolute Gasteiger partial charge is 1.00 e. The number of hydrogen-bond donors (Lipinski definition) is 0. The molecule has 0 aliphatic carbocycles. The molecule has 1 saturated heterocycles. The van der Waals surface area contributed by atoms with E-state index in [2.05, 4.69) is 5.32 Å². The zero-order valence-corrected chi connectivity index (χ0v) is 13.7. The number of nitrogens with zero attached hydrogens (tertiary/aromatic N) is 1. The molecule has 1 aliphatic rings. The van der Waals surface area contributed by atoms with Crippen LogP contribution in [0.25, 0.3) is 5.32 Å². The van der Waals surface area contributed by atoms with Crippen LogP contribution in [0.15, 0.2) is 24.3 Å². The zero-order valence-electron chi connectivity index (χ0n) is 8.74. The Labute approximate surface area is 137 Å². The molecule has 1 fully saturated rings. The van der Waals surface area contributed by atoms with Gasteiger partial charge in [-0.1, -0.05) is 18.6 Å². The maximum absolute atomic E-state index is 12.6. The Morgan fingerprint density at radius 3 is 2.53 bits per heavy atom. The fourth-order valence-corrected chi connectivity index (χ4v) is 1.74. The standard InChI is InChI=1S/C11H12FNO.Rb/c12-10-3-1-8(2-4-10)9-5-6-13-11(14)7-9;/h1-4,9H,5-7H2,(H,13,14);/q;+1/p-1/t9-;/m0./s1. The molecule has 1 atom stereocenters. The SMILES string of the molecule is O=C1C[C@@H](c2ccc(F)cc2)CC[N-]1.[Rb+]. The van der Waals surface area contributed by atoms with Crippen molar-refractivity contribution in [3.63, 3.8) is 0 Å². The molecule has 1 aromatic carbocycles. The van der Waals surface area contributed by atoms with Crippen LogP contribution in [0.5, 0.6) is 0 Å². The van der Waals surface area contributed by atoms with Crippen molar-refractivity contribution in [3.05, 3.63) is 41.0 Å². The van der Waals surface area contributed by atoms with E-state index in [1.807, 2.05) is 0 Å². The van der Waals surface area contributed by atoms with Crippen molar-refractivity contribution in [3.8, 4) is 0 Å². The Balaban J connectivity index is 0.00000112. The van der Waals surface area contributed by atoms with Gasteiger partial charge in [-0.05, 0) is 30.0 Å². The monoisotopic (exact) mass is 277 g/mol. The van der Waals surface area contributed by atoms with E-state index in [0.29, 0.717) is 13.0 Å². The first-order valence-corrected chi connectivity index (χ1v) is 4.71. The minimum absolute atomic E-state index is 0. The van der Waals surface area contributed by atoms with Gasteiger partial charge >= 0.3 is 58.2 Å². The maximum atomic E-state index is 12.6. The molecule has 0 N–H and O–H groups in total. The first-order valence-electron chi connectivity index (χ1n) is 4.71. The minimum atomic E-state index is -0.236. The molecule has 1 aliphatic heterocycles. The number of benzene rings is 1. The third-order valence-electron chi connectivity index (χ3n) is 2.53. The van der Waals surface area contributed by atoms with E-state index in [1.54, 1.807) is 12.1 Å². The van der Waals surface area contributed by atoms with Crippen LogP contribution in [0.2, 0.25) is 0 Å². The summed E-state index contributed by atoms with van der Waals surface area (Å²) in [5.74, 6) is -0.0493. The van der Waals surface area contributed by atoms with E-state index in [0.717, 1.165) is 12.0 Å². The van der Waals surface area contributed by atoms with Gasteiger partial charge in [-0.15, -0.1) is 6.54 Å². The summed E-state index contributed by atoms with van der Waals surface area (Å²) in [6.45, 7) is 0.598. The summed E-state index contributed by atoms with van der Waals surface area (Å²) in [7, 11) is 0. The van der Waals surface area contributed by atoms with Gasteiger partial charge in [-0.2, -0.15) is 0 Å². The molecule has 0 unspecified atom stereocenters. The molecule has 0 radical (unpaired) electrons. The molecule has 1 heterocycles. The van der Waals surface area contributed by atoms with Gasteiger partial charge < -0.3 is 10.1 Å². The van der Waals surface area contributed by atoms with Crippen LogP contribution in [-0.2, 0) is 4.79 Å². The smallest absolute Gasteiger partial charge is 0.653 e. The molecule has 15 heavy (non-hydrogen) atoms. The predicted octanol–water partition coefficient (Wildman–Crippen LogP) is -0.393. The number of amides is 1.